The lowest BCUT2D eigenvalue weighted by Gasteiger charge is -2.22. The fourth-order valence-corrected chi connectivity index (χ4v) is 1.67. The Morgan fingerprint density at radius 1 is 0.889 bits per heavy atom. The van der Waals surface area contributed by atoms with Crippen molar-refractivity contribution in [2.45, 2.75) is 39.1 Å². The number of carbonyl (C=O) groups is 1. The number of hydrogen-bond donors (Lipinski definition) is 0. The van der Waals surface area contributed by atoms with Crippen molar-refractivity contribution in [2.75, 3.05) is 52.7 Å². The van der Waals surface area contributed by atoms with Crippen LogP contribution in [0.4, 0.5) is 0 Å². The summed E-state index contributed by atoms with van der Waals surface area (Å²) >= 11 is 0. The summed E-state index contributed by atoms with van der Waals surface area (Å²) in [6.45, 7) is 7.28. The number of esters is 1. The highest BCUT2D eigenvalue weighted by molar-refractivity contribution is 5.70. The van der Waals surface area contributed by atoms with Crippen LogP contribution in [-0.4, -0.2) is 70.6 Å². The van der Waals surface area contributed by atoms with Crippen LogP contribution in [0.3, 0.4) is 0 Å². The molecule has 0 fully saturated rings. The van der Waals surface area contributed by atoms with Crippen LogP contribution in [-0.2, 0) is 28.5 Å². The van der Waals surface area contributed by atoms with Crippen LogP contribution >= 0.6 is 0 Å². The molecule has 0 atom stereocenters. The molecule has 0 unspecified atom stereocenters. The number of hydrogen-bond acceptors (Lipinski definition) is 8. The SMILES string of the molecule is CC(C)(C)OC(=O)CC(OCCOCCN=[N+]=[N-])OCCOCCN=[N+]=[N-]. The standard InChI is InChI=1S/C15H28N6O6/c1-15(2,3)27-13(22)12-14(25-10-8-23-6-4-18-20-16)26-11-9-24-7-5-19-21-17/h14H,4-12H2,1-3H3. The van der Waals surface area contributed by atoms with E-state index in [-0.39, 0.29) is 59.2 Å². The molecule has 154 valence electrons. The average Bonchev–Trinajstić information content (AvgIpc) is 2.58. The third-order valence-electron chi connectivity index (χ3n) is 2.61. The highest BCUT2D eigenvalue weighted by Gasteiger charge is 2.21. The third-order valence-corrected chi connectivity index (χ3v) is 2.61. The number of rotatable bonds is 16. The quantitative estimate of drug-likeness (QED) is 0.0986. The van der Waals surface area contributed by atoms with E-state index in [4.69, 9.17) is 34.7 Å². The van der Waals surface area contributed by atoms with Gasteiger partial charge < -0.3 is 23.7 Å². The zero-order chi connectivity index (χ0) is 20.4. The van der Waals surface area contributed by atoms with Crippen LogP contribution in [0.25, 0.3) is 20.9 Å². The maximum Gasteiger partial charge on any atom is 0.311 e. The molecule has 0 spiro atoms. The number of carbonyl (C=O) groups excluding carboxylic acids is 1. The van der Waals surface area contributed by atoms with E-state index in [9.17, 15) is 4.79 Å². The van der Waals surface area contributed by atoms with Gasteiger partial charge in [-0.05, 0) is 31.8 Å². The van der Waals surface area contributed by atoms with Gasteiger partial charge in [0.25, 0.3) is 0 Å². The predicted molar refractivity (Wildman–Crippen MR) is 95.8 cm³/mol. The van der Waals surface area contributed by atoms with Gasteiger partial charge in [-0.1, -0.05) is 10.2 Å². The number of ether oxygens (including phenoxy) is 5. The summed E-state index contributed by atoms with van der Waals surface area (Å²) in [5.74, 6) is -0.443. The molecule has 12 heteroatoms. The summed E-state index contributed by atoms with van der Waals surface area (Å²) in [5, 5.41) is 6.69. The van der Waals surface area contributed by atoms with E-state index >= 15 is 0 Å². The van der Waals surface area contributed by atoms with E-state index in [1.165, 1.54) is 0 Å². The number of nitrogens with zero attached hydrogens (tertiary/aromatic N) is 6. The topological polar surface area (TPSA) is 161 Å². The predicted octanol–water partition coefficient (Wildman–Crippen LogP) is 2.73. The molecular formula is C15H28N6O6. The normalized spacial score (nSPS) is 12.0. The fourth-order valence-electron chi connectivity index (χ4n) is 1.67. The Morgan fingerprint density at radius 2 is 1.37 bits per heavy atom. The highest BCUT2D eigenvalue weighted by atomic mass is 16.7. The second-order valence-electron chi connectivity index (χ2n) is 6.10. The maximum absolute atomic E-state index is 11.9. The lowest BCUT2D eigenvalue weighted by Crippen LogP contribution is -2.30. The van der Waals surface area contributed by atoms with Crippen molar-refractivity contribution >= 4 is 5.97 Å². The molecular weight excluding hydrogens is 360 g/mol. The maximum atomic E-state index is 11.9. The van der Waals surface area contributed by atoms with Gasteiger partial charge in [0, 0.05) is 22.9 Å². The van der Waals surface area contributed by atoms with E-state index < -0.39 is 17.9 Å². The lowest BCUT2D eigenvalue weighted by atomic mass is 10.2. The zero-order valence-electron chi connectivity index (χ0n) is 16.1. The van der Waals surface area contributed by atoms with Gasteiger partial charge >= 0.3 is 5.97 Å². The van der Waals surface area contributed by atoms with Crippen LogP contribution in [0.1, 0.15) is 27.2 Å². The van der Waals surface area contributed by atoms with E-state index in [1.807, 2.05) is 0 Å². The van der Waals surface area contributed by atoms with Gasteiger partial charge in [0.1, 0.15) is 5.60 Å². The molecule has 0 radical (unpaired) electrons. The first-order chi connectivity index (χ1) is 12.9. The molecule has 0 heterocycles. The molecule has 27 heavy (non-hydrogen) atoms. The Bertz CT molecular complexity index is 470. The van der Waals surface area contributed by atoms with Crippen LogP contribution in [0.15, 0.2) is 10.2 Å². The molecule has 0 aromatic heterocycles. The summed E-state index contributed by atoms with van der Waals surface area (Å²) in [5.41, 5.74) is 15.7. The second-order valence-corrected chi connectivity index (χ2v) is 6.10. The Kier molecular flexibility index (Phi) is 14.9. The lowest BCUT2D eigenvalue weighted by molar-refractivity contribution is -0.184. The molecule has 0 N–H and O–H groups in total. The minimum absolute atomic E-state index is 0.0747. The van der Waals surface area contributed by atoms with Crippen molar-refractivity contribution in [3.05, 3.63) is 20.9 Å². The van der Waals surface area contributed by atoms with Gasteiger partial charge in [-0.2, -0.15) is 0 Å². The molecule has 0 saturated carbocycles. The van der Waals surface area contributed by atoms with E-state index in [2.05, 4.69) is 20.1 Å². The number of azide groups is 2. The summed E-state index contributed by atoms with van der Waals surface area (Å²) in [7, 11) is 0. The highest BCUT2D eigenvalue weighted by Crippen LogP contribution is 2.11. The molecule has 0 saturated heterocycles. The minimum Gasteiger partial charge on any atom is -0.460 e. The summed E-state index contributed by atoms with van der Waals surface area (Å²) < 4.78 is 26.7. The van der Waals surface area contributed by atoms with Crippen molar-refractivity contribution < 1.29 is 28.5 Å². The van der Waals surface area contributed by atoms with Crippen LogP contribution in [0.2, 0.25) is 0 Å². The smallest absolute Gasteiger partial charge is 0.311 e. The van der Waals surface area contributed by atoms with Gasteiger partial charge in [-0.15, -0.1) is 0 Å². The molecule has 12 nitrogen and oxygen atoms in total. The Balaban J connectivity index is 4.17. The molecule has 0 rings (SSSR count). The Morgan fingerprint density at radius 3 is 1.78 bits per heavy atom. The first-order valence-corrected chi connectivity index (χ1v) is 8.51. The van der Waals surface area contributed by atoms with Crippen molar-refractivity contribution in [3.63, 3.8) is 0 Å². The first kappa shape index (κ1) is 24.9. The molecule has 0 bridgehead atoms. The van der Waals surface area contributed by atoms with E-state index in [1.54, 1.807) is 20.8 Å². The van der Waals surface area contributed by atoms with Gasteiger partial charge in [-0.3, -0.25) is 4.79 Å². The van der Waals surface area contributed by atoms with Crippen molar-refractivity contribution in [1.82, 2.24) is 0 Å². The van der Waals surface area contributed by atoms with Crippen LogP contribution < -0.4 is 0 Å². The minimum atomic E-state index is -0.804. The molecule has 0 aromatic carbocycles. The van der Waals surface area contributed by atoms with Crippen molar-refractivity contribution in [3.8, 4) is 0 Å². The van der Waals surface area contributed by atoms with E-state index in [0.717, 1.165) is 0 Å². The van der Waals surface area contributed by atoms with Gasteiger partial charge in [0.15, 0.2) is 6.29 Å². The largest absolute Gasteiger partial charge is 0.460 e. The van der Waals surface area contributed by atoms with Crippen molar-refractivity contribution in [2.24, 2.45) is 10.2 Å². The summed E-state index contributed by atoms with van der Waals surface area (Å²) in [6, 6.07) is 0. The summed E-state index contributed by atoms with van der Waals surface area (Å²) in [6.07, 6.45) is -0.879. The Hall–Kier alpha value is -2.07. The van der Waals surface area contributed by atoms with Crippen LogP contribution in [0.5, 0.6) is 0 Å². The zero-order valence-corrected chi connectivity index (χ0v) is 16.1. The third kappa shape index (κ3) is 18.5. The molecule has 0 aliphatic carbocycles. The van der Waals surface area contributed by atoms with Crippen molar-refractivity contribution in [1.29, 1.82) is 0 Å². The molecule has 0 aliphatic heterocycles. The van der Waals surface area contributed by atoms with Gasteiger partial charge in [-0.25, -0.2) is 0 Å². The molecule has 0 amide bonds. The molecule has 0 aliphatic rings. The van der Waals surface area contributed by atoms with Gasteiger partial charge in [0.2, 0.25) is 0 Å². The first-order valence-electron chi connectivity index (χ1n) is 8.51. The molecule has 0 aromatic rings. The second kappa shape index (κ2) is 16.1. The fraction of sp³-hybridized carbons (Fsp3) is 0.933. The van der Waals surface area contributed by atoms with E-state index in [0.29, 0.717) is 0 Å². The van der Waals surface area contributed by atoms with Crippen LogP contribution in [0, 0.1) is 0 Å². The monoisotopic (exact) mass is 388 g/mol. The summed E-state index contributed by atoms with van der Waals surface area (Å²) in [4.78, 5) is 17.2. The average molecular weight is 388 g/mol. The Labute approximate surface area is 158 Å². The van der Waals surface area contributed by atoms with Gasteiger partial charge in [0.05, 0.1) is 46.1 Å².